The lowest BCUT2D eigenvalue weighted by Gasteiger charge is -2.33. The first-order valence-electron chi connectivity index (χ1n) is 9.48. The van der Waals surface area contributed by atoms with E-state index in [1.54, 1.807) is 12.1 Å². The molecule has 1 N–H and O–H groups in total. The number of non-ortho nitro benzene ring substituents is 1. The first kappa shape index (κ1) is 21.4. The maximum absolute atomic E-state index is 11.9. The van der Waals surface area contributed by atoms with Gasteiger partial charge in [0.1, 0.15) is 0 Å². The van der Waals surface area contributed by atoms with E-state index in [0.29, 0.717) is 32.8 Å². The van der Waals surface area contributed by atoms with Crippen molar-refractivity contribution in [2.75, 3.05) is 26.2 Å². The Kier molecular flexibility index (Phi) is 7.98. The van der Waals surface area contributed by atoms with E-state index in [2.05, 4.69) is 21.8 Å². The van der Waals surface area contributed by atoms with Crippen LogP contribution in [0.2, 0.25) is 0 Å². The van der Waals surface area contributed by atoms with Gasteiger partial charge in [-0.3, -0.25) is 14.9 Å². The van der Waals surface area contributed by atoms with E-state index in [1.807, 2.05) is 13.8 Å². The number of nitrogens with zero attached hydrogens (tertiary/aromatic N) is 3. The fraction of sp³-hybridized carbons (Fsp3) is 0.500. The molecule has 8 heteroatoms. The van der Waals surface area contributed by atoms with Gasteiger partial charge < -0.3 is 15.0 Å². The Morgan fingerprint density at radius 2 is 2.00 bits per heavy atom. The van der Waals surface area contributed by atoms with Gasteiger partial charge in [-0.15, -0.1) is 0 Å². The van der Waals surface area contributed by atoms with E-state index in [0.717, 1.165) is 29.9 Å². The van der Waals surface area contributed by atoms with E-state index < -0.39 is 4.92 Å². The Morgan fingerprint density at radius 1 is 1.36 bits per heavy atom. The molecule has 1 aliphatic heterocycles. The molecule has 1 fully saturated rings. The smallest absolute Gasteiger partial charge is 0.309 e. The summed E-state index contributed by atoms with van der Waals surface area (Å²) in [6.45, 7) is 10.5. The third kappa shape index (κ3) is 6.37. The molecular weight excluding hydrogens is 360 g/mol. The molecule has 0 aromatic heterocycles. The quantitative estimate of drug-likeness (QED) is 0.193. The summed E-state index contributed by atoms with van der Waals surface area (Å²) < 4.78 is 5.12. The highest BCUT2D eigenvalue weighted by molar-refractivity contribution is 5.81. The van der Waals surface area contributed by atoms with Crippen LogP contribution in [0, 0.1) is 16.0 Å². The van der Waals surface area contributed by atoms with Gasteiger partial charge in [-0.25, -0.2) is 4.99 Å². The van der Waals surface area contributed by atoms with E-state index >= 15 is 0 Å². The third-order valence-corrected chi connectivity index (χ3v) is 4.52. The zero-order valence-electron chi connectivity index (χ0n) is 16.5. The number of guanidine groups is 1. The van der Waals surface area contributed by atoms with Crippen molar-refractivity contribution in [3.05, 3.63) is 52.1 Å². The minimum absolute atomic E-state index is 0.0618. The Balaban J connectivity index is 2.03. The maximum Gasteiger partial charge on any atom is 0.309 e. The Bertz CT molecular complexity index is 722. The van der Waals surface area contributed by atoms with E-state index in [1.165, 1.54) is 12.1 Å². The third-order valence-electron chi connectivity index (χ3n) is 4.52. The summed E-state index contributed by atoms with van der Waals surface area (Å²) in [6.07, 6.45) is 1.45. The lowest BCUT2D eigenvalue weighted by molar-refractivity contribution is -0.384. The van der Waals surface area contributed by atoms with Crippen LogP contribution in [0.1, 0.15) is 32.3 Å². The molecular formula is C20H28N4O4. The molecule has 0 atom stereocenters. The van der Waals surface area contributed by atoms with Crippen LogP contribution < -0.4 is 5.32 Å². The largest absolute Gasteiger partial charge is 0.466 e. The molecule has 1 aliphatic rings. The number of nitro groups is 1. The number of rotatable bonds is 7. The van der Waals surface area contributed by atoms with Gasteiger partial charge >= 0.3 is 5.97 Å². The van der Waals surface area contributed by atoms with Crippen molar-refractivity contribution in [2.24, 2.45) is 10.9 Å². The van der Waals surface area contributed by atoms with Crippen LogP contribution in [-0.2, 0) is 16.1 Å². The normalized spacial score (nSPS) is 15.2. The topological polar surface area (TPSA) is 97.1 Å². The summed E-state index contributed by atoms with van der Waals surface area (Å²) >= 11 is 0. The summed E-state index contributed by atoms with van der Waals surface area (Å²) in [4.78, 5) is 29.1. The SMILES string of the molecule is C=C(C)CNC(=NCc1ccc([N+](=O)[O-])cc1)N1CCC(C(=O)OCC)CC1. The fourth-order valence-electron chi connectivity index (χ4n) is 2.97. The van der Waals surface area contributed by atoms with Gasteiger partial charge in [0.25, 0.3) is 5.69 Å². The Hall–Kier alpha value is -2.90. The fourth-order valence-corrected chi connectivity index (χ4v) is 2.97. The summed E-state index contributed by atoms with van der Waals surface area (Å²) in [6, 6.07) is 6.39. The molecule has 0 spiro atoms. The predicted molar refractivity (Wildman–Crippen MR) is 108 cm³/mol. The maximum atomic E-state index is 11.9. The van der Waals surface area contributed by atoms with Crippen LogP contribution in [0.25, 0.3) is 0 Å². The minimum atomic E-state index is -0.416. The zero-order valence-corrected chi connectivity index (χ0v) is 16.5. The molecule has 1 heterocycles. The van der Waals surface area contributed by atoms with Gasteiger partial charge in [0, 0.05) is 31.8 Å². The molecule has 0 unspecified atom stereocenters. The molecule has 1 aromatic carbocycles. The van der Waals surface area contributed by atoms with Crippen LogP contribution in [0.5, 0.6) is 0 Å². The Labute approximate surface area is 165 Å². The molecule has 2 rings (SSSR count). The molecule has 1 saturated heterocycles. The van der Waals surface area contributed by atoms with Crippen LogP contribution in [0.15, 0.2) is 41.4 Å². The Morgan fingerprint density at radius 3 is 2.54 bits per heavy atom. The molecule has 0 radical (unpaired) electrons. The number of piperidine rings is 1. The number of carbonyl (C=O) groups excluding carboxylic acids is 1. The van der Waals surface area contributed by atoms with E-state index in [4.69, 9.17) is 4.74 Å². The number of carbonyl (C=O) groups is 1. The van der Waals surface area contributed by atoms with Crippen molar-refractivity contribution in [3.8, 4) is 0 Å². The van der Waals surface area contributed by atoms with Crippen LogP contribution in [-0.4, -0.2) is 48.0 Å². The number of hydrogen-bond donors (Lipinski definition) is 1. The number of hydrogen-bond acceptors (Lipinski definition) is 5. The van der Waals surface area contributed by atoms with Crippen molar-refractivity contribution in [3.63, 3.8) is 0 Å². The van der Waals surface area contributed by atoms with Gasteiger partial charge in [-0.05, 0) is 32.3 Å². The molecule has 152 valence electrons. The van der Waals surface area contributed by atoms with Gasteiger partial charge in [0.15, 0.2) is 5.96 Å². The summed E-state index contributed by atoms with van der Waals surface area (Å²) in [5.74, 6) is 0.568. The van der Waals surface area contributed by atoms with Crippen molar-refractivity contribution in [1.82, 2.24) is 10.2 Å². The number of aliphatic imine (C=N–C) groups is 1. The average molecular weight is 388 g/mol. The number of likely N-dealkylation sites (tertiary alicyclic amines) is 1. The lowest BCUT2D eigenvalue weighted by atomic mass is 9.97. The zero-order chi connectivity index (χ0) is 20.5. The molecule has 28 heavy (non-hydrogen) atoms. The lowest BCUT2D eigenvalue weighted by Crippen LogP contribution is -2.47. The first-order chi connectivity index (χ1) is 13.4. The number of benzene rings is 1. The van der Waals surface area contributed by atoms with Gasteiger partial charge in [0.2, 0.25) is 0 Å². The van der Waals surface area contributed by atoms with Crippen LogP contribution in [0.4, 0.5) is 5.69 Å². The van der Waals surface area contributed by atoms with Crippen molar-refractivity contribution in [1.29, 1.82) is 0 Å². The predicted octanol–water partition coefficient (Wildman–Crippen LogP) is 2.89. The molecule has 0 saturated carbocycles. The summed E-state index contributed by atoms with van der Waals surface area (Å²) in [5, 5.41) is 14.1. The number of esters is 1. The number of nitro benzene ring substituents is 1. The second-order valence-electron chi connectivity index (χ2n) is 6.89. The second kappa shape index (κ2) is 10.4. The average Bonchev–Trinajstić information content (AvgIpc) is 2.68. The van der Waals surface area contributed by atoms with Gasteiger partial charge in [-0.2, -0.15) is 0 Å². The second-order valence-corrected chi connectivity index (χ2v) is 6.89. The molecule has 0 aliphatic carbocycles. The highest BCUT2D eigenvalue weighted by atomic mass is 16.6. The van der Waals surface area contributed by atoms with Gasteiger partial charge in [-0.1, -0.05) is 24.3 Å². The van der Waals surface area contributed by atoms with E-state index in [-0.39, 0.29) is 17.6 Å². The van der Waals surface area contributed by atoms with Crippen molar-refractivity contribution >= 4 is 17.6 Å². The summed E-state index contributed by atoms with van der Waals surface area (Å²) in [7, 11) is 0. The number of nitrogens with one attached hydrogen (secondary N) is 1. The summed E-state index contributed by atoms with van der Waals surface area (Å²) in [5.41, 5.74) is 1.94. The highest BCUT2D eigenvalue weighted by Crippen LogP contribution is 2.19. The van der Waals surface area contributed by atoms with E-state index in [9.17, 15) is 14.9 Å². The molecule has 0 amide bonds. The number of ether oxygens (including phenoxy) is 1. The molecule has 8 nitrogen and oxygen atoms in total. The first-order valence-corrected chi connectivity index (χ1v) is 9.48. The van der Waals surface area contributed by atoms with Crippen molar-refractivity contribution < 1.29 is 14.5 Å². The molecule has 0 bridgehead atoms. The highest BCUT2D eigenvalue weighted by Gasteiger charge is 2.27. The standard InChI is InChI=1S/C20H28N4O4/c1-4-28-19(25)17-9-11-23(12-10-17)20(21-13-15(2)3)22-14-16-5-7-18(8-6-16)24(26)27/h5-8,17H,2,4,9-14H2,1,3H3,(H,21,22). The van der Waals surface area contributed by atoms with Crippen LogP contribution in [0.3, 0.4) is 0 Å². The van der Waals surface area contributed by atoms with Crippen LogP contribution >= 0.6 is 0 Å². The van der Waals surface area contributed by atoms with Crippen molar-refractivity contribution in [2.45, 2.75) is 33.2 Å². The molecule has 1 aromatic rings. The minimum Gasteiger partial charge on any atom is -0.466 e. The monoisotopic (exact) mass is 388 g/mol. The van der Waals surface area contributed by atoms with Gasteiger partial charge in [0.05, 0.1) is 24.0 Å².